The Kier molecular flexibility index (Phi) is 4.45. The zero-order chi connectivity index (χ0) is 17.1. The Balaban J connectivity index is 1.63. The molecule has 0 aliphatic rings. The molecule has 2 aromatic heterocycles. The number of rotatable bonds is 5. The van der Waals surface area contributed by atoms with Crippen molar-refractivity contribution in [2.75, 3.05) is 12.4 Å². The van der Waals surface area contributed by atoms with Gasteiger partial charge in [0.15, 0.2) is 5.82 Å². The highest BCUT2D eigenvalue weighted by atomic mass is 19.1. The monoisotopic (exact) mass is 330 g/mol. The van der Waals surface area contributed by atoms with Gasteiger partial charge in [-0.25, -0.2) is 9.18 Å². The maximum atomic E-state index is 13.2. The average Bonchev–Trinajstić information content (AvgIpc) is 3.13. The summed E-state index contributed by atoms with van der Waals surface area (Å²) in [5, 5.41) is 11.3. The number of amides is 2. The van der Waals surface area contributed by atoms with Crippen molar-refractivity contribution >= 4 is 22.8 Å². The van der Waals surface area contributed by atoms with E-state index in [4.69, 9.17) is 0 Å². The van der Waals surface area contributed by atoms with Crippen molar-refractivity contribution in [2.24, 2.45) is 0 Å². The van der Waals surface area contributed by atoms with E-state index in [1.807, 2.05) is 13.0 Å². The van der Waals surface area contributed by atoms with E-state index in [1.165, 1.54) is 17.0 Å². The van der Waals surface area contributed by atoms with Crippen LogP contribution < -0.4 is 5.32 Å². The first-order chi connectivity index (χ1) is 11.5. The molecule has 2 amide bonds. The Morgan fingerprint density at radius 2 is 2.25 bits per heavy atom. The number of carbonyl (C=O) groups excluding carboxylic acids is 1. The number of fused-ring (bicyclic) bond motifs is 1. The number of benzene rings is 1. The van der Waals surface area contributed by atoms with Gasteiger partial charge in [0.25, 0.3) is 0 Å². The highest BCUT2D eigenvalue weighted by Gasteiger charge is 2.13. The molecule has 0 fully saturated rings. The van der Waals surface area contributed by atoms with Gasteiger partial charge in [-0.15, -0.1) is 5.10 Å². The third-order valence-corrected chi connectivity index (χ3v) is 3.62. The number of urea groups is 1. The summed E-state index contributed by atoms with van der Waals surface area (Å²) in [7, 11) is 1.68. The lowest BCUT2D eigenvalue weighted by Gasteiger charge is -2.15. The van der Waals surface area contributed by atoms with Crippen LogP contribution in [0.1, 0.15) is 19.0 Å². The summed E-state index contributed by atoms with van der Waals surface area (Å²) < 4.78 is 14.9. The largest absolute Gasteiger partial charge is 0.357 e. The Hall–Kier alpha value is -2.90. The van der Waals surface area contributed by atoms with Crippen molar-refractivity contribution < 1.29 is 9.18 Å². The van der Waals surface area contributed by atoms with Crippen LogP contribution in [0.25, 0.3) is 10.9 Å². The molecule has 0 radical (unpaired) electrons. The van der Waals surface area contributed by atoms with Crippen molar-refractivity contribution in [1.29, 1.82) is 0 Å². The van der Waals surface area contributed by atoms with Crippen LogP contribution in [0, 0.1) is 5.82 Å². The first kappa shape index (κ1) is 16.0. The van der Waals surface area contributed by atoms with E-state index in [0.29, 0.717) is 12.4 Å². The van der Waals surface area contributed by atoms with Gasteiger partial charge in [0, 0.05) is 30.2 Å². The number of aromatic nitrogens is 4. The zero-order valence-corrected chi connectivity index (χ0v) is 13.6. The smallest absolute Gasteiger partial charge is 0.323 e. The standard InChI is InChI=1S/C16H19FN6O/c1-3-6-23-10-15(20-21-23)19-16(24)22(2)9-13-8-11-7-12(17)4-5-14(11)18-13/h4-5,7-8,10,18H,3,6,9H2,1-2H3,(H,19,24). The summed E-state index contributed by atoms with van der Waals surface area (Å²) in [6.45, 7) is 3.16. The topological polar surface area (TPSA) is 78.8 Å². The first-order valence-electron chi connectivity index (χ1n) is 7.74. The minimum absolute atomic E-state index is 0.283. The van der Waals surface area contributed by atoms with Gasteiger partial charge in [0.05, 0.1) is 12.7 Å². The fourth-order valence-electron chi connectivity index (χ4n) is 2.48. The number of halogens is 1. The Morgan fingerprint density at radius 1 is 1.42 bits per heavy atom. The summed E-state index contributed by atoms with van der Waals surface area (Å²) in [4.78, 5) is 16.9. The van der Waals surface area contributed by atoms with Crippen LogP contribution in [-0.4, -0.2) is 38.0 Å². The molecule has 2 N–H and O–H groups in total. The first-order valence-corrected chi connectivity index (χ1v) is 7.74. The van der Waals surface area contributed by atoms with Gasteiger partial charge in [-0.05, 0) is 30.7 Å². The van der Waals surface area contributed by atoms with Gasteiger partial charge >= 0.3 is 6.03 Å². The molecule has 0 spiro atoms. The van der Waals surface area contributed by atoms with Crippen molar-refractivity contribution in [3.05, 3.63) is 42.0 Å². The minimum Gasteiger partial charge on any atom is -0.357 e. The lowest BCUT2D eigenvalue weighted by Crippen LogP contribution is -2.31. The Labute approximate surface area is 138 Å². The van der Waals surface area contributed by atoms with Gasteiger partial charge in [-0.3, -0.25) is 10.00 Å². The number of hydrogen-bond donors (Lipinski definition) is 2. The molecule has 0 aliphatic carbocycles. The highest BCUT2D eigenvalue weighted by Crippen LogP contribution is 2.17. The van der Waals surface area contributed by atoms with Crippen molar-refractivity contribution in [1.82, 2.24) is 24.9 Å². The number of aryl methyl sites for hydroxylation is 1. The second-order valence-corrected chi connectivity index (χ2v) is 5.68. The minimum atomic E-state index is -0.289. The number of carbonyl (C=O) groups is 1. The van der Waals surface area contributed by atoms with Crippen molar-refractivity contribution in [2.45, 2.75) is 26.4 Å². The quantitative estimate of drug-likeness (QED) is 0.755. The molecular formula is C16H19FN6O. The molecule has 0 unspecified atom stereocenters. The maximum absolute atomic E-state index is 13.2. The number of H-pyrrole nitrogens is 1. The molecule has 8 heteroatoms. The third-order valence-electron chi connectivity index (χ3n) is 3.62. The van der Waals surface area contributed by atoms with E-state index in [0.717, 1.165) is 29.6 Å². The Bertz CT molecular complexity index is 855. The number of nitrogens with one attached hydrogen (secondary N) is 2. The second kappa shape index (κ2) is 6.69. The van der Waals surface area contributed by atoms with Crippen LogP contribution in [0.5, 0.6) is 0 Å². The molecular weight excluding hydrogens is 311 g/mol. The van der Waals surface area contributed by atoms with Crippen LogP contribution in [0.15, 0.2) is 30.5 Å². The van der Waals surface area contributed by atoms with Gasteiger partial charge in [0.2, 0.25) is 0 Å². The third kappa shape index (κ3) is 3.53. The highest BCUT2D eigenvalue weighted by molar-refractivity contribution is 5.88. The van der Waals surface area contributed by atoms with Crippen LogP contribution in [0.3, 0.4) is 0 Å². The van der Waals surface area contributed by atoms with Gasteiger partial charge in [0.1, 0.15) is 5.82 Å². The van der Waals surface area contributed by atoms with E-state index in [2.05, 4.69) is 20.6 Å². The Morgan fingerprint density at radius 3 is 3.04 bits per heavy atom. The predicted octanol–water partition coefficient (Wildman–Crippen LogP) is 2.97. The van der Waals surface area contributed by atoms with E-state index in [1.54, 1.807) is 24.0 Å². The van der Waals surface area contributed by atoms with Crippen LogP contribution in [0.4, 0.5) is 15.0 Å². The average molecular weight is 330 g/mol. The van der Waals surface area contributed by atoms with E-state index < -0.39 is 0 Å². The summed E-state index contributed by atoms with van der Waals surface area (Å²) in [6, 6.07) is 6.09. The molecule has 126 valence electrons. The molecule has 3 rings (SSSR count). The van der Waals surface area contributed by atoms with Gasteiger partial charge in [-0.1, -0.05) is 12.1 Å². The van der Waals surface area contributed by atoms with Crippen molar-refractivity contribution in [3.63, 3.8) is 0 Å². The maximum Gasteiger partial charge on any atom is 0.323 e. The lowest BCUT2D eigenvalue weighted by atomic mass is 10.2. The molecule has 0 saturated carbocycles. The van der Waals surface area contributed by atoms with E-state index in [9.17, 15) is 9.18 Å². The van der Waals surface area contributed by atoms with Gasteiger partial charge < -0.3 is 9.88 Å². The molecule has 3 aromatic rings. The molecule has 1 aromatic carbocycles. The van der Waals surface area contributed by atoms with Crippen LogP contribution in [0.2, 0.25) is 0 Å². The molecule has 0 saturated heterocycles. The van der Waals surface area contributed by atoms with Crippen LogP contribution in [-0.2, 0) is 13.1 Å². The number of aromatic amines is 1. The van der Waals surface area contributed by atoms with E-state index in [-0.39, 0.29) is 11.8 Å². The summed E-state index contributed by atoms with van der Waals surface area (Å²) in [5.74, 6) is 0.133. The fourth-order valence-corrected chi connectivity index (χ4v) is 2.48. The summed E-state index contributed by atoms with van der Waals surface area (Å²) in [6.07, 6.45) is 2.64. The summed E-state index contributed by atoms with van der Waals surface area (Å²) >= 11 is 0. The normalized spacial score (nSPS) is 11.0. The summed E-state index contributed by atoms with van der Waals surface area (Å²) in [5.41, 5.74) is 1.66. The molecule has 7 nitrogen and oxygen atoms in total. The number of hydrogen-bond acceptors (Lipinski definition) is 3. The molecule has 0 atom stereocenters. The van der Waals surface area contributed by atoms with E-state index >= 15 is 0 Å². The number of nitrogens with zero attached hydrogens (tertiary/aromatic N) is 4. The second-order valence-electron chi connectivity index (χ2n) is 5.68. The van der Waals surface area contributed by atoms with Gasteiger partial charge in [-0.2, -0.15) is 0 Å². The number of anilines is 1. The lowest BCUT2D eigenvalue weighted by molar-refractivity contribution is 0.220. The zero-order valence-electron chi connectivity index (χ0n) is 13.6. The predicted molar refractivity (Wildman–Crippen MR) is 89.1 cm³/mol. The molecule has 24 heavy (non-hydrogen) atoms. The SMILES string of the molecule is CCCn1cc(NC(=O)N(C)Cc2cc3cc(F)ccc3[nH]2)nn1. The fraction of sp³-hybridized carbons (Fsp3) is 0.312. The van der Waals surface area contributed by atoms with Crippen LogP contribution >= 0.6 is 0 Å². The van der Waals surface area contributed by atoms with Crippen molar-refractivity contribution in [3.8, 4) is 0 Å². The molecule has 0 bridgehead atoms. The molecule has 2 heterocycles. The molecule has 0 aliphatic heterocycles.